The molecule has 1 aromatic carbocycles. The van der Waals surface area contributed by atoms with E-state index in [0.29, 0.717) is 0 Å². The van der Waals surface area contributed by atoms with E-state index in [1.807, 2.05) is 12.3 Å². The van der Waals surface area contributed by atoms with Crippen molar-refractivity contribution < 1.29 is 0 Å². The van der Waals surface area contributed by atoms with Gasteiger partial charge in [0, 0.05) is 25.5 Å². The van der Waals surface area contributed by atoms with Gasteiger partial charge in [-0.3, -0.25) is 4.98 Å². The maximum atomic E-state index is 4.09. The standard InChI is InChI=1S/C15H18N2.ClH/c1-2-13-5-7-14(8-6-13)10-17-12-15-4-3-9-16-11-15;/h3-9,11,17H,2,10,12H2,1H3;1H. The predicted molar refractivity (Wildman–Crippen MR) is 77.8 cm³/mol. The molecule has 0 aliphatic rings. The summed E-state index contributed by atoms with van der Waals surface area (Å²) >= 11 is 0. The van der Waals surface area contributed by atoms with Gasteiger partial charge in [-0.1, -0.05) is 37.3 Å². The van der Waals surface area contributed by atoms with Crippen LogP contribution in [-0.4, -0.2) is 4.98 Å². The molecule has 3 heteroatoms. The normalized spacial score (nSPS) is 9.83. The summed E-state index contributed by atoms with van der Waals surface area (Å²) in [6, 6.07) is 12.8. The molecule has 0 aliphatic heterocycles. The zero-order valence-corrected chi connectivity index (χ0v) is 11.4. The van der Waals surface area contributed by atoms with Crippen LogP contribution in [0.15, 0.2) is 48.8 Å². The highest BCUT2D eigenvalue weighted by Gasteiger charge is 1.94. The number of aryl methyl sites for hydroxylation is 1. The summed E-state index contributed by atoms with van der Waals surface area (Å²) in [5, 5.41) is 3.42. The van der Waals surface area contributed by atoms with E-state index in [1.165, 1.54) is 16.7 Å². The Hall–Kier alpha value is -1.38. The summed E-state index contributed by atoms with van der Waals surface area (Å²) in [5.41, 5.74) is 3.93. The van der Waals surface area contributed by atoms with E-state index in [0.717, 1.165) is 19.5 Å². The number of halogens is 1. The van der Waals surface area contributed by atoms with Crippen molar-refractivity contribution in [2.75, 3.05) is 0 Å². The van der Waals surface area contributed by atoms with Crippen molar-refractivity contribution in [3.63, 3.8) is 0 Å². The van der Waals surface area contributed by atoms with Crippen molar-refractivity contribution in [3.05, 3.63) is 65.5 Å². The molecule has 0 unspecified atom stereocenters. The van der Waals surface area contributed by atoms with Gasteiger partial charge >= 0.3 is 0 Å². The van der Waals surface area contributed by atoms with Crippen molar-refractivity contribution in [1.29, 1.82) is 0 Å². The van der Waals surface area contributed by atoms with Crippen LogP contribution in [0.25, 0.3) is 0 Å². The Balaban J connectivity index is 0.00000162. The van der Waals surface area contributed by atoms with Gasteiger partial charge in [0.05, 0.1) is 0 Å². The third-order valence-electron chi connectivity index (χ3n) is 2.81. The summed E-state index contributed by atoms with van der Waals surface area (Å²) in [6.45, 7) is 3.94. The number of hydrogen-bond acceptors (Lipinski definition) is 2. The molecule has 0 bridgehead atoms. The van der Waals surface area contributed by atoms with Gasteiger partial charge in [-0.15, -0.1) is 12.4 Å². The SMILES string of the molecule is CCc1ccc(CNCc2cccnc2)cc1.Cl. The van der Waals surface area contributed by atoms with Crippen LogP contribution in [0.1, 0.15) is 23.6 Å². The second-order valence-electron chi connectivity index (χ2n) is 4.13. The molecule has 0 aliphatic carbocycles. The molecule has 0 saturated carbocycles. The quantitative estimate of drug-likeness (QED) is 0.894. The number of pyridine rings is 1. The maximum Gasteiger partial charge on any atom is 0.0312 e. The molecule has 96 valence electrons. The fraction of sp³-hybridized carbons (Fsp3) is 0.267. The third kappa shape index (κ3) is 4.47. The number of nitrogens with one attached hydrogen (secondary N) is 1. The summed E-state index contributed by atoms with van der Waals surface area (Å²) in [5.74, 6) is 0. The lowest BCUT2D eigenvalue weighted by atomic mass is 10.1. The molecule has 0 fully saturated rings. The molecule has 2 nitrogen and oxygen atoms in total. The van der Waals surface area contributed by atoms with Crippen LogP contribution in [0.4, 0.5) is 0 Å². The molecular formula is C15H19ClN2. The third-order valence-corrected chi connectivity index (χ3v) is 2.81. The Morgan fingerprint density at radius 3 is 2.22 bits per heavy atom. The van der Waals surface area contributed by atoms with Crippen molar-refractivity contribution in [1.82, 2.24) is 10.3 Å². The molecule has 0 atom stereocenters. The van der Waals surface area contributed by atoms with Gasteiger partial charge in [0.25, 0.3) is 0 Å². The Kier molecular flexibility index (Phi) is 6.40. The van der Waals surface area contributed by atoms with Crippen LogP contribution in [-0.2, 0) is 19.5 Å². The van der Waals surface area contributed by atoms with E-state index in [1.54, 1.807) is 6.20 Å². The fourth-order valence-corrected chi connectivity index (χ4v) is 1.75. The first kappa shape index (κ1) is 14.7. The van der Waals surface area contributed by atoms with Crippen LogP contribution in [0.3, 0.4) is 0 Å². The number of nitrogens with zero attached hydrogens (tertiary/aromatic N) is 1. The summed E-state index contributed by atoms with van der Waals surface area (Å²) in [7, 11) is 0. The lowest BCUT2D eigenvalue weighted by Crippen LogP contribution is -2.12. The van der Waals surface area contributed by atoms with Crippen LogP contribution in [0, 0.1) is 0 Å². The second-order valence-corrected chi connectivity index (χ2v) is 4.13. The van der Waals surface area contributed by atoms with E-state index in [9.17, 15) is 0 Å². The summed E-state index contributed by atoms with van der Waals surface area (Å²) in [6.07, 6.45) is 4.80. The topological polar surface area (TPSA) is 24.9 Å². The van der Waals surface area contributed by atoms with Crippen molar-refractivity contribution in [3.8, 4) is 0 Å². The molecule has 0 amide bonds. The summed E-state index contributed by atoms with van der Waals surface area (Å²) < 4.78 is 0. The Morgan fingerprint density at radius 2 is 1.61 bits per heavy atom. The molecule has 2 rings (SSSR count). The number of rotatable bonds is 5. The smallest absolute Gasteiger partial charge is 0.0312 e. The fourth-order valence-electron chi connectivity index (χ4n) is 1.75. The molecule has 1 aromatic heterocycles. The van der Waals surface area contributed by atoms with Crippen molar-refractivity contribution in [2.24, 2.45) is 0 Å². The Morgan fingerprint density at radius 1 is 0.944 bits per heavy atom. The largest absolute Gasteiger partial charge is 0.309 e. The van der Waals surface area contributed by atoms with Crippen LogP contribution in [0.5, 0.6) is 0 Å². The minimum Gasteiger partial charge on any atom is -0.309 e. The zero-order valence-electron chi connectivity index (χ0n) is 10.6. The molecule has 0 radical (unpaired) electrons. The second kappa shape index (κ2) is 7.85. The Bertz CT molecular complexity index is 440. The van der Waals surface area contributed by atoms with Gasteiger partial charge in [0.1, 0.15) is 0 Å². The minimum absolute atomic E-state index is 0. The van der Waals surface area contributed by atoms with Crippen molar-refractivity contribution in [2.45, 2.75) is 26.4 Å². The van der Waals surface area contributed by atoms with Gasteiger partial charge in [-0.2, -0.15) is 0 Å². The molecule has 2 aromatic rings. The molecule has 0 spiro atoms. The van der Waals surface area contributed by atoms with E-state index < -0.39 is 0 Å². The molecule has 1 heterocycles. The Labute approximate surface area is 115 Å². The predicted octanol–water partition coefficient (Wildman–Crippen LogP) is 3.36. The van der Waals surface area contributed by atoms with Gasteiger partial charge in [0.2, 0.25) is 0 Å². The average Bonchev–Trinajstić information content (AvgIpc) is 2.41. The highest BCUT2D eigenvalue weighted by atomic mass is 35.5. The average molecular weight is 263 g/mol. The van der Waals surface area contributed by atoms with Gasteiger partial charge in [0.15, 0.2) is 0 Å². The minimum atomic E-state index is 0. The summed E-state index contributed by atoms with van der Waals surface area (Å²) in [4.78, 5) is 4.09. The molecule has 18 heavy (non-hydrogen) atoms. The highest BCUT2D eigenvalue weighted by molar-refractivity contribution is 5.85. The van der Waals surface area contributed by atoms with Gasteiger partial charge in [-0.05, 0) is 29.2 Å². The first-order chi connectivity index (χ1) is 8.38. The zero-order chi connectivity index (χ0) is 11.9. The molecule has 0 saturated heterocycles. The van der Waals surface area contributed by atoms with Crippen LogP contribution >= 0.6 is 12.4 Å². The van der Waals surface area contributed by atoms with E-state index in [4.69, 9.17) is 0 Å². The number of hydrogen-bond donors (Lipinski definition) is 1. The van der Waals surface area contributed by atoms with Gasteiger partial charge < -0.3 is 5.32 Å². The number of aromatic nitrogens is 1. The van der Waals surface area contributed by atoms with Gasteiger partial charge in [-0.25, -0.2) is 0 Å². The van der Waals surface area contributed by atoms with Crippen LogP contribution in [0.2, 0.25) is 0 Å². The molecular weight excluding hydrogens is 244 g/mol. The van der Waals surface area contributed by atoms with E-state index in [-0.39, 0.29) is 12.4 Å². The monoisotopic (exact) mass is 262 g/mol. The van der Waals surface area contributed by atoms with E-state index >= 15 is 0 Å². The van der Waals surface area contributed by atoms with Crippen LogP contribution < -0.4 is 5.32 Å². The lowest BCUT2D eigenvalue weighted by molar-refractivity contribution is 0.691. The maximum absolute atomic E-state index is 4.09. The van der Waals surface area contributed by atoms with Crippen molar-refractivity contribution >= 4 is 12.4 Å². The first-order valence-corrected chi connectivity index (χ1v) is 6.06. The molecule has 1 N–H and O–H groups in total. The highest BCUT2D eigenvalue weighted by Crippen LogP contribution is 2.05. The first-order valence-electron chi connectivity index (χ1n) is 6.06. The van der Waals surface area contributed by atoms with E-state index in [2.05, 4.69) is 47.6 Å². The lowest BCUT2D eigenvalue weighted by Gasteiger charge is -2.05. The number of benzene rings is 1.